The molecule has 8 heteroatoms. The fraction of sp³-hybridized carbons (Fsp3) is 0.667. The average molecular weight is 424 g/mol. The van der Waals surface area contributed by atoms with Gasteiger partial charge >= 0.3 is 0 Å². The highest BCUT2D eigenvalue weighted by Crippen LogP contribution is 2.14. The van der Waals surface area contributed by atoms with E-state index in [-0.39, 0.29) is 0 Å². The van der Waals surface area contributed by atoms with Crippen LogP contribution in [0.25, 0.3) is 0 Å². The van der Waals surface area contributed by atoms with Crippen LogP contribution in [0.15, 0.2) is 34.2 Å². The number of sulfonamides is 1. The summed E-state index contributed by atoms with van der Waals surface area (Å²) in [4.78, 5) is 7.50. The number of guanidine groups is 1. The smallest absolute Gasteiger partial charge is 0.242 e. The molecular formula is C21H37N5O2S. The van der Waals surface area contributed by atoms with E-state index < -0.39 is 10.0 Å². The van der Waals surface area contributed by atoms with Gasteiger partial charge in [0.15, 0.2) is 5.96 Å². The molecule has 0 amide bonds. The van der Waals surface area contributed by atoms with Gasteiger partial charge in [0.2, 0.25) is 10.0 Å². The van der Waals surface area contributed by atoms with Crippen molar-refractivity contribution >= 4 is 16.0 Å². The minimum Gasteiger partial charge on any atom is -0.357 e. The Kier molecular flexibility index (Phi) is 9.90. The van der Waals surface area contributed by atoms with Crippen molar-refractivity contribution in [1.82, 2.24) is 19.8 Å². The Hall–Kier alpha value is -1.64. The van der Waals surface area contributed by atoms with Crippen LogP contribution in [-0.2, 0) is 16.6 Å². The van der Waals surface area contributed by atoms with Crippen LogP contribution in [0.4, 0.5) is 0 Å². The molecular weight excluding hydrogens is 386 g/mol. The Morgan fingerprint density at radius 1 is 1.07 bits per heavy atom. The molecule has 0 bridgehead atoms. The predicted molar refractivity (Wildman–Crippen MR) is 120 cm³/mol. The fourth-order valence-corrected chi connectivity index (χ4v) is 4.26. The van der Waals surface area contributed by atoms with Gasteiger partial charge < -0.3 is 15.5 Å². The molecule has 1 aliphatic rings. The molecule has 0 saturated carbocycles. The Balaban J connectivity index is 1.83. The van der Waals surface area contributed by atoms with Gasteiger partial charge in [0.25, 0.3) is 0 Å². The molecule has 29 heavy (non-hydrogen) atoms. The van der Waals surface area contributed by atoms with E-state index in [9.17, 15) is 8.42 Å². The van der Waals surface area contributed by atoms with Crippen molar-refractivity contribution in [2.45, 2.75) is 50.5 Å². The van der Waals surface area contributed by atoms with Gasteiger partial charge in [-0.15, -0.1) is 0 Å². The summed E-state index contributed by atoms with van der Waals surface area (Å²) in [5, 5.41) is 6.68. The topological polar surface area (TPSA) is 77.0 Å². The van der Waals surface area contributed by atoms with E-state index in [1.807, 2.05) is 12.1 Å². The van der Waals surface area contributed by atoms with E-state index in [0.717, 1.165) is 37.6 Å². The van der Waals surface area contributed by atoms with Gasteiger partial charge in [-0.2, -0.15) is 0 Å². The zero-order valence-electron chi connectivity index (χ0n) is 18.2. The second-order valence-corrected chi connectivity index (χ2v) is 9.81. The first-order valence-corrected chi connectivity index (χ1v) is 12.1. The zero-order valence-corrected chi connectivity index (χ0v) is 19.0. The molecule has 1 aliphatic heterocycles. The van der Waals surface area contributed by atoms with Crippen LogP contribution >= 0.6 is 0 Å². The Morgan fingerprint density at radius 3 is 2.31 bits per heavy atom. The van der Waals surface area contributed by atoms with Crippen LogP contribution < -0.4 is 10.6 Å². The minimum absolute atomic E-state index is 0.300. The van der Waals surface area contributed by atoms with Gasteiger partial charge in [-0.3, -0.25) is 0 Å². The maximum Gasteiger partial charge on any atom is 0.242 e. The maximum absolute atomic E-state index is 12.1. The number of nitrogens with one attached hydrogen (secondary N) is 2. The van der Waals surface area contributed by atoms with E-state index in [1.165, 1.54) is 57.2 Å². The Labute approximate surface area is 176 Å². The predicted octanol–water partition coefficient (Wildman–Crippen LogP) is 2.26. The Bertz CT molecular complexity index is 724. The summed E-state index contributed by atoms with van der Waals surface area (Å²) in [7, 11) is -0.318. The monoisotopic (exact) mass is 423 g/mol. The summed E-state index contributed by atoms with van der Waals surface area (Å²) in [5.41, 5.74) is 0.976. The average Bonchev–Trinajstić information content (AvgIpc) is 2.98. The van der Waals surface area contributed by atoms with Crippen molar-refractivity contribution in [3.8, 4) is 0 Å². The minimum atomic E-state index is -3.39. The van der Waals surface area contributed by atoms with E-state index in [1.54, 1.807) is 12.1 Å². The highest BCUT2D eigenvalue weighted by atomic mass is 32.2. The summed E-state index contributed by atoms with van der Waals surface area (Å²) >= 11 is 0. The largest absolute Gasteiger partial charge is 0.357 e. The number of hydrogen-bond donors (Lipinski definition) is 2. The summed E-state index contributed by atoms with van der Waals surface area (Å²) in [5.74, 6) is 0.799. The highest BCUT2D eigenvalue weighted by Gasteiger charge is 2.16. The van der Waals surface area contributed by atoms with Crippen LogP contribution in [0.3, 0.4) is 0 Å². The number of benzene rings is 1. The lowest BCUT2D eigenvalue weighted by molar-refractivity contribution is 0.282. The maximum atomic E-state index is 12.1. The lowest BCUT2D eigenvalue weighted by Crippen LogP contribution is -2.39. The number of hydrogen-bond acceptors (Lipinski definition) is 4. The normalized spacial score (nSPS) is 16.6. The molecule has 1 aromatic carbocycles. The van der Waals surface area contributed by atoms with Crippen LogP contribution in [0.5, 0.6) is 0 Å². The quantitative estimate of drug-likeness (QED) is 0.362. The first-order valence-electron chi connectivity index (χ1n) is 10.7. The van der Waals surface area contributed by atoms with Crippen molar-refractivity contribution in [3.63, 3.8) is 0 Å². The number of likely N-dealkylation sites (tertiary alicyclic amines) is 1. The van der Waals surface area contributed by atoms with Crippen molar-refractivity contribution in [3.05, 3.63) is 29.8 Å². The molecule has 1 fully saturated rings. The summed E-state index contributed by atoms with van der Waals surface area (Å²) in [6, 6.07) is 6.93. The van der Waals surface area contributed by atoms with Gasteiger partial charge in [-0.25, -0.2) is 17.7 Å². The van der Waals surface area contributed by atoms with Crippen molar-refractivity contribution < 1.29 is 8.42 Å². The third kappa shape index (κ3) is 7.95. The molecule has 164 valence electrons. The SMILES string of the molecule is CCNC(=NCc1ccc(S(=O)(=O)N(C)C)cc1)NCCCN1CCCCCC1. The molecule has 0 radical (unpaired) electrons. The van der Waals surface area contributed by atoms with Crippen LogP contribution in [0, 0.1) is 0 Å². The lowest BCUT2D eigenvalue weighted by atomic mass is 10.2. The first-order chi connectivity index (χ1) is 13.9. The van der Waals surface area contributed by atoms with Gasteiger partial charge in [-0.1, -0.05) is 25.0 Å². The van der Waals surface area contributed by atoms with Gasteiger partial charge in [0, 0.05) is 27.2 Å². The Morgan fingerprint density at radius 2 is 1.72 bits per heavy atom. The molecule has 2 N–H and O–H groups in total. The first kappa shape index (κ1) is 23.6. The van der Waals surface area contributed by atoms with Crippen LogP contribution in [0.2, 0.25) is 0 Å². The number of rotatable bonds is 9. The lowest BCUT2D eigenvalue weighted by Gasteiger charge is -2.20. The van der Waals surface area contributed by atoms with Crippen LogP contribution in [-0.4, -0.2) is 70.4 Å². The zero-order chi connectivity index (χ0) is 21.1. The van der Waals surface area contributed by atoms with Crippen molar-refractivity contribution in [2.24, 2.45) is 4.99 Å². The third-order valence-electron chi connectivity index (χ3n) is 5.11. The summed E-state index contributed by atoms with van der Waals surface area (Å²) in [6.45, 7) is 7.84. The molecule has 0 atom stereocenters. The summed E-state index contributed by atoms with van der Waals surface area (Å²) in [6.07, 6.45) is 6.49. The fourth-order valence-electron chi connectivity index (χ4n) is 3.36. The standard InChI is InChI=1S/C21H37N5O2S/c1-4-22-21(23-14-9-17-26-15-7-5-6-8-16-26)24-18-19-10-12-20(13-11-19)29(27,28)25(2)3/h10-13H,4-9,14-18H2,1-3H3,(H2,22,23,24). The molecule has 7 nitrogen and oxygen atoms in total. The molecule has 0 aliphatic carbocycles. The number of nitrogens with zero attached hydrogens (tertiary/aromatic N) is 3. The molecule has 0 spiro atoms. The summed E-state index contributed by atoms with van der Waals surface area (Å²) < 4.78 is 25.5. The second kappa shape index (κ2) is 12.1. The molecule has 0 aromatic heterocycles. The van der Waals surface area contributed by atoms with Gasteiger partial charge in [-0.05, 0) is 63.5 Å². The molecule has 0 unspecified atom stereocenters. The van der Waals surface area contributed by atoms with E-state index in [4.69, 9.17) is 0 Å². The van der Waals surface area contributed by atoms with Gasteiger partial charge in [0.05, 0.1) is 11.4 Å². The number of aliphatic imine (C=N–C) groups is 1. The van der Waals surface area contributed by atoms with E-state index in [2.05, 4.69) is 27.4 Å². The molecule has 2 rings (SSSR count). The van der Waals surface area contributed by atoms with Crippen LogP contribution in [0.1, 0.15) is 44.6 Å². The highest BCUT2D eigenvalue weighted by molar-refractivity contribution is 7.89. The second-order valence-electron chi connectivity index (χ2n) is 7.66. The van der Waals surface area contributed by atoms with E-state index >= 15 is 0 Å². The molecule has 1 aromatic rings. The van der Waals surface area contributed by atoms with Crippen molar-refractivity contribution in [1.29, 1.82) is 0 Å². The third-order valence-corrected chi connectivity index (χ3v) is 6.94. The molecule has 1 heterocycles. The van der Waals surface area contributed by atoms with Gasteiger partial charge in [0.1, 0.15) is 0 Å². The van der Waals surface area contributed by atoms with E-state index in [0.29, 0.717) is 11.4 Å². The molecule has 1 saturated heterocycles. The van der Waals surface area contributed by atoms with Crippen molar-refractivity contribution in [2.75, 3.05) is 46.8 Å².